The summed E-state index contributed by atoms with van der Waals surface area (Å²) < 4.78 is 4.62. The number of methoxy groups -OCH3 is 1. The largest absolute Gasteiger partial charge is 0.469 e. The Morgan fingerprint density at radius 1 is 1.05 bits per heavy atom. The number of esters is 1. The number of hydrogen-bond donors (Lipinski definition) is 1. The third-order valence-corrected chi connectivity index (χ3v) is 3.06. The molecular formula is C16H17NO2. The van der Waals surface area contributed by atoms with Crippen LogP contribution in [0.15, 0.2) is 54.6 Å². The van der Waals surface area contributed by atoms with Crippen molar-refractivity contribution >= 4 is 5.97 Å². The van der Waals surface area contributed by atoms with Crippen molar-refractivity contribution < 1.29 is 9.53 Å². The average molecular weight is 255 g/mol. The summed E-state index contributed by atoms with van der Waals surface area (Å²) in [4.78, 5) is 11.2. The molecule has 0 bridgehead atoms. The van der Waals surface area contributed by atoms with Crippen LogP contribution in [0.3, 0.4) is 0 Å². The first-order valence-electron chi connectivity index (χ1n) is 6.18. The molecule has 3 heteroatoms. The predicted octanol–water partition coefficient (Wildman–Crippen LogP) is 2.92. The van der Waals surface area contributed by atoms with Crippen LogP contribution in [-0.2, 0) is 9.53 Å². The molecule has 0 aliphatic heterocycles. The molecule has 2 aromatic carbocycles. The zero-order chi connectivity index (χ0) is 13.7. The van der Waals surface area contributed by atoms with Crippen LogP contribution < -0.4 is 5.73 Å². The summed E-state index contributed by atoms with van der Waals surface area (Å²) >= 11 is 0. The third kappa shape index (κ3) is 3.42. The minimum atomic E-state index is -0.322. The maximum atomic E-state index is 11.2. The lowest BCUT2D eigenvalue weighted by atomic mass is 10.00. The Labute approximate surface area is 113 Å². The molecule has 0 aliphatic rings. The van der Waals surface area contributed by atoms with E-state index >= 15 is 0 Å². The fourth-order valence-electron chi connectivity index (χ4n) is 1.93. The summed E-state index contributed by atoms with van der Waals surface area (Å²) in [6.07, 6.45) is 0.196. The standard InChI is InChI=1S/C16H17NO2/c1-19-16(18)11-15(17)14-9-7-13(8-10-14)12-5-3-2-4-6-12/h2-10,15H,11,17H2,1H3/t15-/m0/s1. The van der Waals surface area contributed by atoms with Gasteiger partial charge in [0.05, 0.1) is 13.5 Å². The molecule has 0 fully saturated rings. The highest BCUT2D eigenvalue weighted by Crippen LogP contribution is 2.22. The molecular weight excluding hydrogens is 238 g/mol. The van der Waals surface area contributed by atoms with Crippen molar-refractivity contribution in [3.8, 4) is 11.1 Å². The average Bonchev–Trinajstić information content (AvgIpc) is 2.48. The Bertz CT molecular complexity index is 534. The van der Waals surface area contributed by atoms with Gasteiger partial charge in [0.1, 0.15) is 0 Å². The van der Waals surface area contributed by atoms with Crippen molar-refractivity contribution in [1.82, 2.24) is 0 Å². The number of ether oxygens (including phenoxy) is 1. The molecule has 19 heavy (non-hydrogen) atoms. The van der Waals surface area contributed by atoms with Crippen molar-refractivity contribution in [2.45, 2.75) is 12.5 Å². The van der Waals surface area contributed by atoms with E-state index in [9.17, 15) is 4.79 Å². The zero-order valence-electron chi connectivity index (χ0n) is 10.9. The molecule has 2 aromatic rings. The number of hydrogen-bond acceptors (Lipinski definition) is 3. The van der Waals surface area contributed by atoms with E-state index < -0.39 is 0 Å². The first-order valence-corrected chi connectivity index (χ1v) is 6.18. The number of carbonyl (C=O) groups is 1. The van der Waals surface area contributed by atoms with Crippen molar-refractivity contribution in [2.24, 2.45) is 5.73 Å². The lowest BCUT2D eigenvalue weighted by Crippen LogP contribution is -2.16. The van der Waals surface area contributed by atoms with Crippen LogP contribution in [0.2, 0.25) is 0 Å². The van der Waals surface area contributed by atoms with E-state index in [1.54, 1.807) is 0 Å². The SMILES string of the molecule is COC(=O)C[C@H](N)c1ccc(-c2ccccc2)cc1. The number of benzene rings is 2. The zero-order valence-corrected chi connectivity index (χ0v) is 10.9. The summed E-state index contributed by atoms with van der Waals surface area (Å²) in [5.41, 5.74) is 9.19. The number of rotatable bonds is 4. The quantitative estimate of drug-likeness (QED) is 0.855. The predicted molar refractivity (Wildman–Crippen MR) is 75.4 cm³/mol. The summed E-state index contributed by atoms with van der Waals surface area (Å²) in [7, 11) is 1.37. The molecule has 3 nitrogen and oxygen atoms in total. The van der Waals surface area contributed by atoms with Crippen LogP contribution in [0.4, 0.5) is 0 Å². The van der Waals surface area contributed by atoms with E-state index in [0.717, 1.165) is 16.7 Å². The van der Waals surface area contributed by atoms with E-state index in [2.05, 4.69) is 16.9 Å². The fourth-order valence-corrected chi connectivity index (χ4v) is 1.93. The Morgan fingerprint density at radius 3 is 2.21 bits per heavy atom. The molecule has 0 radical (unpaired) electrons. The number of nitrogens with two attached hydrogens (primary N) is 1. The van der Waals surface area contributed by atoms with Gasteiger partial charge in [0, 0.05) is 6.04 Å². The normalized spacial score (nSPS) is 11.9. The van der Waals surface area contributed by atoms with Gasteiger partial charge in [0.2, 0.25) is 0 Å². The lowest BCUT2D eigenvalue weighted by molar-refractivity contribution is -0.141. The monoisotopic (exact) mass is 255 g/mol. The molecule has 0 saturated heterocycles. The first-order chi connectivity index (χ1) is 9.20. The van der Waals surface area contributed by atoms with Gasteiger partial charge in [0.25, 0.3) is 0 Å². The van der Waals surface area contributed by atoms with Gasteiger partial charge in [-0.1, -0.05) is 54.6 Å². The molecule has 0 saturated carbocycles. The lowest BCUT2D eigenvalue weighted by Gasteiger charge is -2.11. The molecule has 0 heterocycles. The van der Waals surface area contributed by atoms with Gasteiger partial charge in [-0.3, -0.25) is 4.79 Å². The second-order valence-electron chi connectivity index (χ2n) is 4.37. The van der Waals surface area contributed by atoms with E-state index in [1.807, 2.05) is 42.5 Å². The van der Waals surface area contributed by atoms with Crippen LogP contribution in [0.25, 0.3) is 11.1 Å². The maximum absolute atomic E-state index is 11.2. The third-order valence-electron chi connectivity index (χ3n) is 3.06. The van der Waals surface area contributed by atoms with Crippen molar-refractivity contribution in [1.29, 1.82) is 0 Å². The fraction of sp³-hybridized carbons (Fsp3) is 0.188. The van der Waals surface area contributed by atoms with Gasteiger partial charge >= 0.3 is 5.97 Å². The van der Waals surface area contributed by atoms with Gasteiger partial charge in [-0.25, -0.2) is 0 Å². The summed E-state index contributed by atoms with van der Waals surface area (Å²) in [6.45, 7) is 0. The molecule has 1 atom stereocenters. The Morgan fingerprint density at radius 2 is 1.63 bits per heavy atom. The van der Waals surface area contributed by atoms with Crippen LogP contribution in [0.5, 0.6) is 0 Å². The van der Waals surface area contributed by atoms with Crippen LogP contribution >= 0.6 is 0 Å². The van der Waals surface area contributed by atoms with Gasteiger partial charge in [0.15, 0.2) is 0 Å². The van der Waals surface area contributed by atoms with E-state index in [1.165, 1.54) is 7.11 Å². The van der Waals surface area contributed by atoms with Crippen LogP contribution in [-0.4, -0.2) is 13.1 Å². The molecule has 0 aliphatic carbocycles. The molecule has 0 aromatic heterocycles. The Hall–Kier alpha value is -2.13. The molecule has 0 amide bonds. The first kappa shape index (κ1) is 13.3. The maximum Gasteiger partial charge on any atom is 0.307 e. The van der Waals surface area contributed by atoms with Crippen molar-refractivity contribution in [3.63, 3.8) is 0 Å². The Balaban J connectivity index is 2.12. The molecule has 2 rings (SSSR count). The minimum Gasteiger partial charge on any atom is -0.469 e. The summed E-state index contributed by atoms with van der Waals surface area (Å²) in [5.74, 6) is -0.292. The van der Waals surface area contributed by atoms with Crippen molar-refractivity contribution in [3.05, 3.63) is 60.2 Å². The van der Waals surface area contributed by atoms with Gasteiger partial charge in [-0.05, 0) is 16.7 Å². The second kappa shape index (κ2) is 6.16. The summed E-state index contributed by atoms with van der Waals surface area (Å²) in [6, 6.07) is 17.7. The van der Waals surface area contributed by atoms with E-state index in [-0.39, 0.29) is 18.4 Å². The highest BCUT2D eigenvalue weighted by Gasteiger charge is 2.11. The topological polar surface area (TPSA) is 52.3 Å². The van der Waals surface area contributed by atoms with E-state index in [0.29, 0.717) is 0 Å². The Kier molecular flexibility index (Phi) is 4.31. The number of carbonyl (C=O) groups excluding carboxylic acids is 1. The second-order valence-corrected chi connectivity index (χ2v) is 4.37. The highest BCUT2D eigenvalue weighted by molar-refractivity contribution is 5.70. The summed E-state index contributed by atoms with van der Waals surface area (Å²) in [5, 5.41) is 0. The van der Waals surface area contributed by atoms with Gasteiger partial charge < -0.3 is 10.5 Å². The minimum absolute atomic E-state index is 0.196. The van der Waals surface area contributed by atoms with Gasteiger partial charge in [-0.2, -0.15) is 0 Å². The molecule has 2 N–H and O–H groups in total. The smallest absolute Gasteiger partial charge is 0.307 e. The van der Waals surface area contributed by atoms with E-state index in [4.69, 9.17) is 5.73 Å². The van der Waals surface area contributed by atoms with Crippen LogP contribution in [0, 0.1) is 0 Å². The molecule has 98 valence electrons. The molecule has 0 spiro atoms. The van der Waals surface area contributed by atoms with Crippen molar-refractivity contribution in [2.75, 3.05) is 7.11 Å². The van der Waals surface area contributed by atoms with Gasteiger partial charge in [-0.15, -0.1) is 0 Å². The highest BCUT2D eigenvalue weighted by atomic mass is 16.5. The molecule has 0 unspecified atom stereocenters. The van der Waals surface area contributed by atoms with Crippen LogP contribution in [0.1, 0.15) is 18.0 Å².